The van der Waals surface area contributed by atoms with E-state index in [2.05, 4.69) is 13.8 Å². The molecule has 34 heavy (non-hydrogen) atoms. The summed E-state index contributed by atoms with van der Waals surface area (Å²) in [6.45, 7) is 8.01. The number of ether oxygens (including phenoxy) is 6. The number of cyclic esters (lactones) is 1. The maximum Gasteiger partial charge on any atom is 0.309 e. The molecule has 4 heterocycles. The van der Waals surface area contributed by atoms with Crippen LogP contribution in [-0.4, -0.2) is 68.4 Å². The highest BCUT2D eigenvalue weighted by Crippen LogP contribution is 2.73. The number of carbonyl (C=O) groups excluding carboxylic acids is 3. The van der Waals surface area contributed by atoms with Crippen molar-refractivity contribution in [3.05, 3.63) is 0 Å². The number of hydrogen-bond acceptors (Lipinski definition) is 9. The Morgan fingerprint density at radius 3 is 2.44 bits per heavy atom. The van der Waals surface area contributed by atoms with E-state index in [4.69, 9.17) is 28.4 Å². The van der Waals surface area contributed by atoms with Gasteiger partial charge in [0.1, 0.15) is 11.7 Å². The molecule has 10 atom stereocenters. The molecule has 2 aliphatic carbocycles. The lowest BCUT2D eigenvalue weighted by atomic mass is 9.40. The molecule has 2 spiro atoms. The van der Waals surface area contributed by atoms with E-state index in [0.717, 1.165) is 19.3 Å². The molecule has 0 aromatic rings. The van der Waals surface area contributed by atoms with Crippen LogP contribution in [0.3, 0.4) is 0 Å². The zero-order valence-electron chi connectivity index (χ0n) is 20.7. The van der Waals surface area contributed by atoms with Crippen molar-refractivity contribution < 1.29 is 42.8 Å². The van der Waals surface area contributed by atoms with E-state index in [9.17, 15) is 14.4 Å². The summed E-state index contributed by atoms with van der Waals surface area (Å²) in [5.41, 5.74) is -1.75. The van der Waals surface area contributed by atoms with Gasteiger partial charge in [-0.1, -0.05) is 13.8 Å². The second kappa shape index (κ2) is 8.17. The third-order valence-electron chi connectivity index (χ3n) is 9.60. The molecule has 0 aromatic heterocycles. The minimum Gasteiger partial charge on any atom is -0.465 e. The lowest BCUT2D eigenvalue weighted by Crippen LogP contribution is -2.78. The van der Waals surface area contributed by atoms with E-state index in [1.54, 1.807) is 7.11 Å². The molecule has 190 valence electrons. The highest BCUT2D eigenvalue weighted by molar-refractivity contribution is 5.74. The van der Waals surface area contributed by atoms with Crippen molar-refractivity contribution >= 4 is 17.9 Å². The Kier molecular flexibility index (Phi) is 5.77. The molecule has 6 rings (SSSR count). The van der Waals surface area contributed by atoms with Crippen LogP contribution in [0.15, 0.2) is 0 Å². The fraction of sp³-hybridized carbons (Fsp3) is 0.880. The fourth-order valence-corrected chi connectivity index (χ4v) is 7.90. The van der Waals surface area contributed by atoms with Crippen LogP contribution in [0.5, 0.6) is 0 Å². The van der Waals surface area contributed by atoms with Gasteiger partial charge < -0.3 is 28.4 Å². The Hall–Kier alpha value is -1.71. The molecule has 0 aromatic carbocycles. The zero-order chi connectivity index (χ0) is 24.5. The fourth-order valence-electron chi connectivity index (χ4n) is 7.90. The third-order valence-corrected chi connectivity index (χ3v) is 9.60. The second-order valence-corrected chi connectivity index (χ2v) is 11.1. The molecule has 0 amide bonds. The highest BCUT2D eigenvalue weighted by atomic mass is 16.7. The molecule has 4 saturated heterocycles. The second-order valence-electron chi connectivity index (χ2n) is 11.1. The maximum absolute atomic E-state index is 12.4. The summed E-state index contributed by atoms with van der Waals surface area (Å²) in [5, 5.41) is 0. The number of carbonyl (C=O) groups is 3. The normalized spacial score (nSPS) is 48.9. The van der Waals surface area contributed by atoms with Crippen LogP contribution in [0.25, 0.3) is 0 Å². The highest BCUT2D eigenvalue weighted by Gasteiger charge is 2.83. The summed E-state index contributed by atoms with van der Waals surface area (Å²) >= 11 is 0. The van der Waals surface area contributed by atoms with Crippen molar-refractivity contribution in [2.75, 3.05) is 20.3 Å². The quantitative estimate of drug-likeness (QED) is 0.321. The molecule has 9 heteroatoms. The molecule has 2 bridgehead atoms. The molecular formula is C25H36O9. The van der Waals surface area contributed by atoms with Crippen molar-refractivity contribution in [2.24, 2.45) is 28.6 Å². The molecule has 9 nitrogen and oxygen atoms in total. The van der Waals surface area contributed by atoms with Crippen molar-refractivity contribution in [2.45, 2.75) is 90.0 Å². The van der Waals surface area contributed by atoms with E-state index < -0.39 is 41.5 Å². The van der Waals surface area contributed by atoms with Gasteiger partial charge in [-0.3, -0.25) is 14.4 Å². The Morgan fingerprint density at radius 2 is 1.88 bits per heavy atom. The minimum atomic E-state index is -0.834. The standard InChI is InChI=1S/C25H36O9/c1-13-19(32-14(2)26)20(33-15(3)27)25-18(23(13,4)8-6-16-7-9-30-21(16)28)10-17(34-22(25)29-5)11-24(25)12-31-24/h13,16-20,22H,6-12H2,1-5H3/t13-,16+,17-,18-,19-,20+,22-,23+,24+,25+/m1/s1. The van der Waals surface area contributed by atoms with Gasteiger partial charge in [0, 0.05) is 33.3 Å². The summed E-state index contributed by atoms with van der Waals surface area (Å²) in [6.07, 6.45) is 1.44. The van der Waals surface area contributed by atoms with E-state index in [0.29, 0.717) is 26.1 Å². The first kappa shape index (κ1) is 24.0. The lowest BCUT2D eigenvalue weighted by Gasteiger charge is -2.69. The van der Waals surface area contributed by atoms with E-state index in [-0.39, 0.29) is 35.2 Å². The van der Waals surface area contributed by atoms with Gasteiger partial charge in [0.15, 0.2) is 12.4 Å². The minimum absolute atomic E-state index is 0.0172. The molecular weight excluding hydrogens is 444 g/mol. The van der Waals surface area contributed by atoms with Gasteiger partial charge in [-0.25, -0.2) is 0 Å². The van der Waals surface area contributed by atoms with Crippen LogP contribution in [-0.2, 0) is 42.8 Å². The first-order valence-electron chi connectivity index (χ1n) is 12.4. The Morgan fingerprint density at radius 1 is 1.18 bits per heavy atom. The smallest absolute Gasteiger partial charge is 0.309 e. The SMILES string of the molecule is CO[C@@H]1O[C@@H]2C[C@@H]3[C@@](C)(CC[C@H]4CCOC4=O)[C@H](C)[C@@H](OC(C)=O)[C@H](OC(C)=O)[C@]13[C@@]1(CO1)C2. The summed E-state index contributed by atoms with van der Waals surface area (Å²) in [4.78, 5) is 36.9. The predicted octanol–water partition coefficient (Wildman–Crippen LogP) is 2.39. The van der Waals surface area contributed by atoms with Gasteiger partial charge in [-0.15, -0.1) is 0 Å². The van der Waals surface area contributed by atoms with Crippen molar-refractivity contribution in [1.29, 1.82) is 0 Å². The molecule has 6 aliphatic rings. The topological polar surface area (TPSA) is 110 Å². The number of fused-ring (bicyclic) bond motifs is 1. The summed E-state index contributed by atoms with van der Waals surface area (Å²) in [7, 11) is 1.60. The number of methoxy groups -OCH3 is 1. The summed E-state index contributed by atoms with van der Waals surface area (Å²) in [5.74, 6) is -1.26. The Balaban J connectivity index is 1.62. The summed E-state index contributed by atoms with van der Waals surface area (Å²) < 4.78 is 35.7. The average Bonchev–Trinajstić information content (AvgIpc) is 3.42. The van der Waals surface area contributed by atoms with Gasteiger partial charge in [-0.2, -0.15) is 0 Å². The first-order chi connectivity index (χ1) is 16.1. The van der Waals surface area contributed by atoms with Crippen molar-refractivity contribution in [3.63, 3.8) is 0 Å². The third kappa shape index (κ3) is 3.26. The first-order valence-corrected chi connectivity index (χ1v) is 12.4. The average molecular weight is 481 g/mol. The lowest BCUT2D eigenvalue weighted by molar-refractivity contribution is -0.386. The number of hydrogen-bond donors (Lipinski definition) is 0. The van der Waals surface area contributed by atoms with Crippen LogP contribution in [0.4, 0.5) is 0 Å². The van der Waals surface area contributed by atoms with Crippen molar-refractivity contribution in [1.82, 2.24) is 0 Å². The van der Waals surface area contributed by atoms with Crippen LogP contribution < -0.4 is 0 Å². The monoisotopic (exact) mass is 480 g/mol. The van der Waals surface area contributed by atoms with Gasteiger partial charge in [0.2, 0.25) is 0 Å². The molecule has 0 radical (unpaired) electrons. The Bertz CT molecular complexity index is 868. The van der Waals surface area contributed by atoms with Gasteiger partial charge >= 0.3 is 17.9 Å². The summed E-state index contributed by atoms with van der Waals surface area (Å²) in [6, 6.07) is 0. The molecule has 4 aliphatic heterocycles. The van der Waals surface area contributed by atoms with E-state index in [1.165, 1.54) is 13.8 Å². The molecule has 0 unspecified atom stereocenters. The maximum atomic E-state index is 12.4. The number of epoxide rings is 1. The zero-order valence-corrected chi connectivity index (χ0v) is 20.7. The van der Waals surface area contributed by atoms with Gasteiger partial charge in [0.25, 0.3) is 0 Å². The number of rotatable bonds is 6. The van der Waals surface area contributed by atoms with E-state index >= 15 is 0 Å². The molecule has 0 N–H and O–H groups in total. The van der Waals surface area contributed by atoms with E-state index in [1.807, 2.05) is 0 Å². The molecule has 6 fully saturated rings. The number of esters is 3. The van der Waals surface area contributed by atoms with Crippen molar-refractivity contribution in [3.8, 4) is 0 Å². The van der Waals surface area contributed by atoms with Crippen LogP contribution in [0.1, 0.15) is 59.8 Å². The Labute approximate surface area is 200 Å². The van der Waals surface area contributed by atoms with Gasteiger partial charge in [0.05, 0.1) is 30.7 Å². The van der Waals surface area contributed by atoms with Crippen LogP contribution >= 0.6 is 0 Å². The van der Waals surface area contributed by atoms with Crippen LogP contribution in [0.2, 0.25) is 0 Å². The van der Waals surface area contributed by atoms with Gasteiger partial charge in [-0.05, 0) is 37.0 Å². The predicted molar refractivity (Wildman–Crippen MR) is 116 cm³/mol. The van der Waals surface area contributed by atoms with Crippen LogP contribution in [0, 0.1) is 28.6 Å². The molecule has 2 saturated carbocycles. The largest absolute Gasteiger partial charge is 0.465 e.